The van der Waals surface area contributed by atoms with Crippen molar-refractivity contribution in [1.82, 2.24) is 9.97 Å². The number of hydrogen-bond acceptors (Lipinski definition) is 5. The second-order valence-corrected chi connectivity index (χ2v) is 4.23. The fraction of sp³-hybridized carbons (Fsp3) is 0.667. The van der Waals surface area contributed by atoms with E-state index >= 15 is 0 Å². The summed E-state index contributed by atoms with van der Waals surface area (Å²) in [5.41, 5.74) is -0.0647. The molecule has 1 heterocycles. The quantitative estimate of drug-likeness (QED) is 0.675. The van der Waals surface area contributed by atoms with Gasteiger partial charge in [0.25, 0.3) is 0 Å². The molecule has 0 aliphatic carbocycles. The van der Waals surface area contributed by atoms with E-state index in [9.17, 15) is 5.11 Å². The highest BCUT2D eigenvalue weighted by atomic mass is 16.3. The van der Waals surface area contributed by atoms with Gasteiger partial charge in [-0.3, -0.25) is 0 Å². The molecule has 3 N–H and O–H groups in total. The number of anilines is 2. The minimum atomic E-state index is -0.0647. The van der Waals surface area contributed by atoms with Gasteiger partial charge in [-0.25, -0.2) is 4.98 Å². The Morgan fingerprint density at radius 2 is 2.06 bits per heavy atom. The molecule has 0 saturated heterocycles. The fourth-order valence-corrected chi connectivity index (χ4v) is 1.64. The Labute approximate surface area is 103 Å². The Hall–Kier alpha value is -1.36. The van der Waals surface area contributed by atoms with Gasteiger partial charge < -0.3 is 15.7 Å². The first-order valence-corrected chi connectivity index (χ1v) is 6.05. The van der Waals surface area contributed by atoms with Crippen molar-refractivity contribution in [2.24, 2.45) is 5.41 Å². The molecule has 17 heavy (non-hydrogen) atoms. The molecule has 0 fully saturated rings. The average Bonchev–Trinajstić information content (AvgIpc) is 2.41. The maximum Gasteiger partial charge on any atom is 0.224 e. The summed E-state index contributed by atoms with van der Waals surface area (Å²) in [4.78, 5) is 8.33. The van der Waals surface area contributed by atoms with E-state index in [2.05, 4.69) is 34.4 Å². The van der Waals surface area contributed by atoms with Crippen LogP contribution in [0.15, 0.2) is 12.3 Å². The maximum atomic E-state index is 9.47. The highest BCUT2D eigenvalue weighted by Gasteiger charge is 2.24. The summed E-state index contributed by atoms with van der Waals surface area (Å²) < 4.78 is 0. The zero-order chi connectivity index (χ0) is 12.7. The first kappa shape index (κ1) is 13.7. The summed E-state index contributed by atoms with van der Waals surface area (Å²) >= 11 is 0. The van der Waals surface area contributed by atoms with Crippen LogP contribution in [-0.4, -0.2) is 35.3 Å². The summed E-state index contributed by atoms with van der Waals surface area (Å²) in [6, 6.07) is 1.83. The Bertz CT molecular complexity index is 331. The summed E-state index contributed by atoms with van der Waals surface area (Å²) in [5.74, 6) is 1.38. The standard InChI is InChI=1S/C12H22N4O/c1-4-12(5-2,9-17)8-15-10-6-7-14-11(13-3)16-10/h6-7,17H,4-5,8-9H2,1-3H3,(H2,13,14,15,16). The van der Waals surface area contributed by atoms with Crippen LogP contribution in [0.4, 0.5) is 11.8 Å². The average molecular weight is 238 g/mol. The van der Waals surface area contributed by atoms with Gasteiger partial charge in [-0.1, -0.05) is 13.8 Å². The van der Waals surface area contributed by atoms with Crippen molar-refractivity contribution in [2.45, 2.75) is 26.7 Å². The molecule has 5 heteroatoms. The van der Waals surface area contributed by atoms with Crippen LogP contribution in [0.3, 0.4) is 0 Å². The molecule has 0 unspecified atom stereocenters. The van der Waals surface area contributed by atoms with Gasteiger partial charge in [0, 0.05) is 25.2 Å². The van der Waals surface area contributed by atoms with Crippen molar-refractivity contribution in [3.63, 3.8) is 0 Å². The number of aromatic nitrogens is 2. The lowest BCUT2D eigenvalue weighted by molar-refractivity contribution is 0.127. The molecule has 1 aromatic heterocycles. The highest BCUT2D eigenvalue weighted by molar-refractivity contribution is 5.39. The fourth-order valence-electron chi connectivity index (χ4n) is 1.64. The third-order valence-electron chi connectivity index (χ3n) is 3.36. The molecule has 0 amide bonds. The van der Waals surface area contributed by atoms with E-state index in [1.54, 1.807) is 13.2 Å². The molecule has 0 bridgehead atoms. The van der Waals surface area contributed by atoms with E-state index in [0.717, 1.165) is 25.2 Å². The Morgan fingerprint density at radius 3 is 2.59 bits per heavy atom. The lowest BCUT2D eigenvalue weighted by Crippen LogP contribution is -2.32. The molecule has 0 aromatic carbocycles. The molecule has 0 spiro atoms. The number of nitrogens with zero attached hydrogens (tertiary/aromatic N) is 2. The summed E-state index contributed by atoms with van der Waals surface area (Å²) in [5, 5.41) is 15.6. The molecule has 1 aromatic rings. The number of aliphatic hydroxyl groups is 1. The summed E-state index contributed by atoms with van der Waals surface area (Å²) in [6.07, 6.45) is 3.59. The summed E-state index contributed by atoms with van der Waals surface area (Å²) in [6.45, 7) is 5.11. The van der Waals surface area contributed by atoms with Gasteiger partial charge in [0.05, 0.1) is 6.61 Å². The molecule has 96 valence electrons. The van der Waals surface area contributed by atoms with Crippen LogP contribution in [0.25, 0.3) is 0 Å². The van der Waals surface area contributed by atoms with E-state index in [1.807, 2.05) is 6.07 Å². The molecular weight excluding hydrogens is 216 g/mol. The molecule has 0 atom stereocenters. The van der Waals surface area contributed by atoms with Crippen molar-refractivity contribution in [1.29, 1.82) is 0 Å². The second-order valence-electron chi connectivity index (χ2n) is 4.23. The van der Waals surface area contributed by atoms with Gasteiger partial charge in [-0.2, -0.15) is 4.98 Å². The van der Waals surface area contributed by atoms with E-state index < -0.39 is 0 Å². The molecule has 0 aliphatic rings. The molecule has 0 radical (unpaired) electrons. The van der Waals surface area contributed by atoms with Crippen LogP contribution in [0, 0.1) is 5.41 Å². The highest BCUT2D eigenvalue weighted by Crippen LogP contribution is 2.25. The molecule has 0 saturated carbocycles. The Kier molecular flexibility index (Phi) is 5.15. The van der Waals surface area contributed by atoms with Crippen molar-refractivity contribution >= 4 is 11.8 Å². The van der Waals surface area contributed by atoms with Gasteiger partial charge >= 0.3 is 0 Å². The minimum absolute atomic E-state index is 0.0647. The van der Waals surface area contributed by atoms with Gasteiger partial charge in [0.1, 0.15) is 5.82 Å². The van der Waals surface area contributed by atoms with Crippen molar-refractivity contribution < 1.29 is 5.11 Å². The van der Waals surface area contributed by atoms with Crippen LogP contribution < -0.4 is 10.6 Å². The zero-order valence-electron chi connectivity index (χ0n) is 10.8. The van der Waals surface area contributed by atoms with Crippen LogP contribution in [0.2, 0.25) is 0 Å². The normalized spacial score (nSPS) is 11.3. The van der Waals surface area contributed by atoms with Gasteiger partial charge in [-0.15, -0.1) is 0 Å². The van der Waals surface area contributed by atoms with Gasteiger partial charge in [-0.05, 0) is 18.9 Å². The monoisotopic (exact) mass is 238 g/mol. The third kappa shape index (κ3) is 3.56. The lowest BCUT2D eigenvalue weighted by atomic mass is 9.83. The smallest absolute Gasteiger partial charge is 0.224 e. The lowest BCUT2D eigenvalue weighted by Gasteiger charge is -2.29. The summed E-state index contributed by atoms with van der Waals surface area (Å²) in [7, 11) is 1.79. The van der Waals surface area contributed by atoms with Crippen molar-refractivity contribution in [2.75, 3.05) is 30.8 Å². The minimum Gasteiger partial charge on any atom is -0.396 e. The van der Waals surface area contributed by atoms with Crippen LogP contribution in [0.1, 0.15) is 26.7 Å². The van der Waals surface area contributed by atoms with Crippen molar-refractivity contribution in [3.8, 4) is 0 Å². The van der Waals surface area contributed by atoms with E-state index in [-0.39, 0.29) is 12.0 Å². The number of rotatable bonds is 7. The van der Waals surface area contributed by atoms with E-state index in [4.69, 9.17) is 0 Å². The van der Waals surface area contributed by atoms with E-state index in [1.165, 1.54) is 0 Å². The third-order valence-corrected chi connectivity index (χ3v) is 3.36. The maximum absolute atomic E-state index is 9.47. The molecular formula is C12H22N4O. The van der Waals surface area contributed by atoms with Crippen LogP contribution >= 0.6 is 0 Å². The number of aliphatic hydroxyl groups excluding tert-OH is 1. The second kappa shape index (κ2) is 6.39. The largest absolute Gasteiger partial charge is 0.396 e. The van der Waals surface area contributed by atoms with Crippen LogP contribution in [0.5, 0.6) is 0 Å². The van der Waals surface area contributed by atoms with Gasteiger partial charge in [0.15, 0.2) is 0 Å². The Morgan fingerprint density at radius 1 is 1.35 bits per heavy atom. The SMILES string of the molecule is CCC(CC)(CO)CNc1ccnc(NC)n1. The first-order valence-electron chi connectivity index (χ1n) is 6.05. The predicted molar refractivity (Wildman–Crippen MR) is 70.2 cm³/mol. The van der Waals surface area contributed by atoms with Gasteiger partial charge in [0.2, 0.25) is 5.95 Å². The van der Waals surface area contributed by atoms with Crippen LogP contribution in [-0.2, 0) is 0 Å². The number of hydrogen-bond donors (Lipinski definition) is 3. The molecule has 0 aliphatic heterocycles. The first-order chi connectivity index (χ1) is 8.19. The molecule has 1 rings (SSSR count). The van der Waals surface area contributed by atoms with Crippen molar-refractivity contribution in [3.05, 3.63) is 12.3 Å². The molecule has 5 nitrogen and oxygen atoms in total. The predicted octanol–water partition coefficient (Wildman–Crippen LogP) is 1.73. The topological polar surface area (TPSA) is 70.1 Å². The van der Waals surface area contributed by atoms with E-state index in [0.29, 0.717) is 5.95 Å². The Balaban J connectivity index is 2.65. The zero-order valence-corrected chi connectivity index (χ0v) is 10.8. The number of nitrogens with one attached hydrogen (secondary N) is 2.